The zero-order chi connectivity index (χ0) is 7.61. The van der Waals surface area contributed by atoms with Gasteiger partial charge in [0, 0.05) is 26.8 Å². The molecule has 1 aliphatic heterocycles. The van der Waals surface area contributed by atoms with Crippen LogP contribution in [0.1, 0.15) is 13.3 Å². The normalized spacial score (nSPS) is 24.3. The van der Waals surface area contributed by atoms with Gasteiger partial charge in [-0.05, 0) is 18.9 Å². The minimum absolute atomic E-state index is 0.546. The lowest BCUT2D eigenvalue weighted by Crippen LogP contribution is -2.52. The van der Waals surface area contributed by atoms with Crippen molar-refractivity contribution in [2.45, 2.75) is 13.3 Å². The molecule has 10 heavy (non-hydrogen) atoms. The lowest BCUT2D eigenvalue weighted by molar-refractivity contribution is 0.0106. The van der Waals surface area contributed by atoms with Crippen molar-refractivity contribution in [2.75, 3.05) is 33.9 Å². The highest BCUT2D eigenvalue weighted by Crippen LogP contribution is 2.31. The van der Waals surface area contributed by atoms with Crippen LogP contribution >= 0.6 is 0 Å². The van der Waals surface area contributed by atoms with Gasteiger partial charge in [0.2, 0.25) is 0 Å². The van der Waals surface area contributed by atoms with Gasteiger partial charge < -0.3 is 9.64 Å². The van der Waals surface area contributed by atoms with Gasteiger partial charge in [0.15, 0.2) is 0 Å². The Kier molecular flexibility index (Phi) is 2.32. The summed E-state index contributed by atoms with van der Waals surface area (Å²) in [6.45, 7) is 5.70. The van der Waals surface area contributed by atoms with Crippen LogP contribution in [0.2, 0.25) is 0 Å². The molecule has 0 bridgehead atoms. The van der Waals surface area contributed by atoms with Crippen LogP contribution in [0.15, 0.2) is 0 Å². The molecule has 1 saturated heterocycles. The lowest BCUT2D eigenvalue weighted by atomic mass is 9.80. The highest BCUT2D eigenvalue weighted by Gasteiger charge is 2.35. The number of likely N-dealkylation sites (tertiary alicyclic amines) is 1. The summed E-state index contributed by atoms with van der Waals surface area (Å²) >= 11 is 0. The quantitative estimate of drug-likeness (QED) is 0.584. The largest absolute Gasteiger partial charge is 0.385 e. The van der Waals surface area contributed by atoms with Gasteiger partial charge in [0.1, 0.15) is 0 Å². The zero-order valence-corrected chi connectivity index (χ0v) is 7.18. The van der Waals surface area contributed by atoms with Gasteiger partial charge in [-0.15, -0.1) is 0 Å². The Hall–Kier alpha value is -0.0800. The number of ether oxygens (including phenoxy) is 1. The minimum Gasteiger partial charge on any atom is -0.385 e. The number of methoxy groups -OCH3 is 1. The molecule has 0 aromatic heterocycles. The lowest BCUT2D eigenvalue weighted by Gasteiger charge is -2.46. The van der Waals surface area contributed by atoms with Crippen molar-refractivity contribution in [1.82, 2.24) is 4.90 Å². The fourth-order valence-electron chi connectivity index (χ4n) is 1.76. The van der Waals surface area contributed by atoms with Gasteiger partial charge in [-0.25, -0.2) is 0 Å². The molecular formula is C8H17NO. The van der Waals surface area contributed by atoms with Crippen LogP contribution < -0.4 is 0 Å². The standard InChI is InChI=1S/C8H17NO/c1-8(4-5-10-3)6-9(2)7-8/h4-7H2,1-3H3. The molecule has 0 aliphatic carbocycles. The second kappa shape index (κ2) is 2.89. The Balaban J connectivity index is 2.15. The molecule has 2 nitrogen and oxygen atoms in total. The summed E-state index contributed by atoms with van der Waals surface area (Å²) in [5.41, 5.74) is 0.546. The van der Waals surface area contributed by atoms with Crippen LogP contribution in [0, 0.1) is 5.41 Å². The van der Waals surface area contributed by atoms with Gasteiger partial charge in [-0.3, -0.25) is 0 Å². The molecule has 1 heterocycles. The van der Waals surface area contributed by atoms with E-state index in [1.807, 2.05) is 0 Å². The van der Waals surface area contributed by atoms with E-state index in [0.29, 0.717) is 5.41 Å². The van der Waals surface area contributed by atoms with Gasteiger partial charge in [0.05, 0.1) is 0 Å². The predicted molar refractivity (Wildman–Crippen MR) is 42.1 cm³/mol. The summed E-state index contributed by atoms with van der Waals surface area (Å²) in [5.74, 6) is 0. The van der Waals surface area contributed by atoms with E-state index in [-0.39, 0.29) is 0 Å². The summed E-state index contributed by atoms with van der Waals surface area (Å²) in [6.07, 6.45) is 1.20. The van der Waals surface area contributed by atoms with E-state index in [1.165, 1.54) is 19.5 Å². The second-order valence-electron chi connectivity index (χ2n) is 3.73. The fraction of sp³-hybridized carbons (Fsp3) is 1.00. The summed E-state index contributed by atoms with van der Waals surface area (Å²) < 4.78 is 5.03. The van der Waals surface area contributed by atoms with Gasteiger partial charge >= 0.3 is 0 Å². The Labute approximate surface area is 63.2 Å². The Morgan fingerprint density at radius 2 is 2.10 bits per heavy atom. The molecule has 0 atom stereocenters. The first-order chi connectivity index (χ1) is 4.66. The van der Waals surface area contributed by atoms with Crippen LogP contribution in [0.3, 0.4) is 0 Å². The fourth-order valence-corrected chi connectivity index (χ4v) is 1.76. The first-order valence-corrected chi connectivity index (χ1v) is 3.84. The summed E-state index contributed by atoms with van der Waals surface area (Å²) in [6, 6.07) is 0. The second-order valence-corrected chi connectivity index (χ2v) is 3.73. The number of hydrogen-bond acceptors (Lipinski definition) is 2. The van der Waals surface area contributed by atoms with E-state index < -0.39 is 0 Å². The molecule has 0 N–H and O–H groups in total. The topological polar surface area (TPSA) is 12.5 Å². The van der Waals surface area contributed by atoms with Gasteiger partial charge in [0.25, 0.3) is 0 Å². The Morgan fingerprint density at radius 3 is 2.50 bits per heavy atom. The highest BCUT2D eigenvalue weighted by molar-refractivity contribution is 4.88. The van der Waals surface area contributed by atoms with E-state index in [9.17, 15) is 0 Å². The van der Waals surface area contributed by atoms with Gasteiger partial charge in [-0.2, -0.15) is 0 Å². The summed E-state index contributed by atoms with van der Waals surface area (Å²) in [7, 11) is 3.93. The third-order valence-electron chi connectivity index (χ3n) is 2.21. The van der Waals surface area contributed by atoms with Crippen molar-refractivity contribution in [3.8, 4) is 0 Å². The Morgan fingerprint density at radius 1 is 1.50 bits per heavy atom. The third-order valence-corrected chi connectivity index (χ3v) is 2.21. The predicted octanol–water partition coefficient (Wildman–Crippen LogP) is 0.975. The molecule has 1 aliphatic rings. The smallest absolute Gasteiger partial charge is 0.0468 e. The first kappa shape index (κ1) is 8.02. The maximum atomic E-state index is 5.03. The van der Waals surface area contributed by atoms with Crippen LogP contribution in [0.5, 0.6) is 0 Å². The molecule has 0 aromatic carbocycles. The zero-order valence-electron chi connectivity index (χ0n) is 7.18. The van der Waals surface area contributed by atoms with Gasteiger partial charge in [-0.1, -0.05) is 6.92 Å². The molecule has 0 saturated carbocycles. The van der Waals surface area contributed by atoms with Crippen molar-refractivity contribution >= 4 is 0 Å². The highest BCUT2D eigenvalue weighted by atomic mass is 16.5. The minimum atomic E-state index is 0.546. The molecule has 1 fully saturated rings. The molecule has 0 radical (unpaired) electrons. The van der Waals surface area contributed by atoms with Crippen molar-refractivity contribution in [3.05, 3.63) is 0 Å². The van der Waals surface area contributed by atoms with Crippen molar-refractivity contribution < 1.29 is 4.74 Å². The molecular weight excluding hydrogens is 126 g/mol. The van der Waals surface area contributed by atoms with Crippen molar-refractivity contribution in [3.63, 3.8) is 0 Å². The molecule has 0 unspecified atom stereocenters. The molecule has 0 amide bonds. The van der Waals surface area contributed by atoms with Crippen LogP contribution in [-0.2, 0) is 4.74 Å². The van der Waals surface area contributed by atoms with Crippen molar-refractivity contribution in [2.24, 2.45) is 5.41 Å². The monoisotopic (exact) mass is 143 g/mol. The number of rotatable bonds is 3. The first-order valence-electron chi connectivity index (χ1n) is 3.84. The van der Waals surface area contributed by atoms with Crippen LogP contribution in [0.4, 0.5) is 0 Å². The summed E-state index contributed by atoms with van der Waals surface area (Å²) in [5, 5.41) is 0. The molecule has 60 valence electrons. The van der Waals surface area contributed by atoms with Crippen molar-refractivity contribution in [1.29, 1.82) is 0 Å². The summed E-state index contributed by atoms with van der Waals surface area (Å²) in [4.78, 5) is 2.34. The van der Waals surface area contributed by atoms with E-state index in [2.05, 4.69) is 18.9 Å². The van der Waals surface area contributed by atoms with E-state index >= 15 is 0 Å². The van der Waals surface area contributed by atoms with E-state index in [4.69, 9.17) is 4.74 Å². The van der Waals surface area contributed by atoms with Crippen LogP contribution in [-0.4, -0.2) is 38.8 Å². The maximum Gasteiger partial charge on any atom is 0.0468 e. The molecule has 0 spiro atoms. The number of hydrogen-bond donors (Lipinski definition) is 0. The number of nitrogens with zero attached hydrogens (tertiary/aromatic N) is 1. The average Bonchev–Trinajstić information content (AvgIpc) is 1.81. The van der Waals surface area contributed by atoms with E-state index in [1.54, 1.807) is 7.11 Å². The maximum absolute atomic E-state index is 5.03. The van der Waals surface area contributed by atoms with E-state index in [0.717, 1.165) is 6.61 Å². The Bertz CT molecular complexity index is 108. The van der Waals surface area contributed by atoms with Crippen LogP contribution in [0.25, 0.3) is 0 Å². The average molecular weight is 143 g/mol. The third kappa shape index (κ3) is 1.70. The molecule has 2 heteroatoms. The molecule has 0 aromatic rings. The SMILES string of the molecule is COCCC1(C)CN(C)C1. The molecule has 1 rings (SSSR count).